The molecule has 2 aromatic rings. The van der Waals surface area contributed by atoms with Crippen LogP contribution in [-0.2, 0) is 14.3 Å². The highest BCUT2D eigenvalue weighted by molar-refractivity contribution is 5.85. The third-order valence-corrected chi connectivity index (χ3v) is 4.82. The van der Waals surface area contributed by atoms with Crippen LogP contribution in [0.25, 0.3) is 0 Å². The van der Waals surface area contributed by atoms with Crippen molar-refractivity contribution < 1.29 is 23.9 Å². The molecule has 0 spiro atoms. The number of rotatable bonds is 4. The van der Waals surface area contributed by atoms with Gasteiger partial charge in [-0.25, -0.2) is 0 Å². The molecule has 0 radical (unpaired) electrons. The quantitative estimate of drug-likeness (QED) is 0.855. The molecule has 130 valence electrons. The van der Waals surface area contributed by atoms with E-state index >= 15 is 0 Å². The summed E-state index contributed by atoms with van der Waals surface area (Å²) in [6.07, 6.45) is 0. The molecule has 0 atom stereocenters. The summed E-state index contributed by atoms with van der Waals surface area (Å²) in [7, 11) is 0. The predicted octanol–water partition coefficient (Wildman–Crippen LogP) is 1.38. The summed E-state index contributed by atoms with van der Waals surface area (Å²) in [6.45, 7) is 4.76. The normalized spacial score (nSPS) is 17.3. The van der Waals surface area contributed by atoms with Crippen LogP contribution in [0.2, 0.25) is 0 Å². The van der Waals surface area contributed by atoms with Crippen LogP contribution < -0.4 is 9.64 Å². The molecule has 0 amide bonds. The van der Waals surface area contributed by atoms with E-state index in [1.807, 2.05) is 48.5 Å². The molecular formula is C20H22NO4+. The average Bonchev–Trinajstić information content (AvgIpc) is 2.66. The number of ether oxygens (including phenoxy) is 3. The minimum absolute atomic E-state index is 0.212. The van der Waals surface area contributed by atoms with Crippen molar-refractivity contribution in [1.29, 1.82) is 0 Å². The first-order valence-corrected chi connectivity index (χ1v) is 8.76. The number of benzene rings is 2. The van der Waals surface area contributed by atoms with Crippen LogP contribution >= 0.6 is 0 Å². The van der Waals surface area contributed by atoms with Crippen molar-refractivity contribution in [2.45, 2.75) is 5.92 Å². The Kier molecular flexibility index (Phi) is 4.68. The second-order valence-electron chi connectivity index (χ2n) is 6.39. The fourth-order valence-corrected chi connectivity index (χ4v) is 3.45. The van der Waals surface area contributed by atoms with Gasteiger partial charge >= 0.3 is 5.97 Å². The molecule has 0 saturated carbocycles. The lowest BCUT2D eigenvalue weighted by molar-refractivity contribution is -0.908. The third-order valence-electron chi connectivity index (χ3n) is 4.82. The van der Waals surface area contributed by atoms with Crippen molar-refractivity contribution in [1.82, 2.24) is 0 Å². The molecule has 2 heterocycles. The monoisotopic (exact) mass is 340 g/mol. The van der Waals surface area contributed by atoms with E-state index in [4.69, 9.17) is 14.2 Å². The fourth-order valence-electron chi connectivity index (χ4n) is 3.45. The average molecular weight is 340 g/mol. The molecule has 0 aromatic heterocycles. The minimum Gasteiger partial charge on any atom is -0.459 e. The van der Waals surface area contributed by atoms with Gasteiger partial charge in [0.25, 0.3) is 0 Å². The topological polar surface area (TPSA) is 49.2 Å². The molecule has 1 saturated heterocycles. The first kappa shape index (κ1) is 16.1. The van der Waals surface area contributed by atoms with Crippen molar-refractivity contribution in [3.8, 4) is 11.5 Å². The maximum absolute atomic E-state index is 12.9. The smallest absolute Gasteiger partial charge is 0.318 e. The van der Waals surface area contributed by atoms with E-state index in [2.05, 4.69) is 0 Å². The number of nitrogens with one attached hydrogen (secondary N) is 1. The summed E-state index contributed by atoms with van der Waals surface area (Å²) in [5, 5.41) is 0. The first-order chi connectivity index (χ1) is 12.3. The Bertz CT molecular complexity index is 709. The summed E-state index contributed by atoms with van der Waals surface area (Å²) >= 11 is 0. The van der Waals surface area contributed by atoms with E-state index < -0.39 is 5.92 Å². The molecule has 0 unspecified atom stereocenters. The Hall–Kier alpha value is -2.37. The van der Waals surface area contributed by atoms with Gasteiger partial charge in [-0.1, -0.05) is 36.4 Å². The molecule has 5 heteroatoms. The standard InChI is InChI=1S/C20H21NO4/c22-20(24-14-11-21-9-12-23-13-10-21)19-15-5-1-3-7-17(15)25-18-8-4-2-6-16(18)19/h1-8,19H,9-14H2/p+1. The highest BCUT2D eigenvalue weighted by Crippen LogP contribution is 2.44. The number of carbonyl (C=O) groups excluding carboxylic acids is 1. The van der Waals surface area contributed by atoms with E-state index in [9.17, 15) is 4.79 Å². The lowest BCUT2D eigenvalue weighted by atomic mass is 9.88. The molecule has 1 fully saturated rings. The molecule has 0 aliphatic carbocycles. The van der Waals surface area contributed by atoms with Crippen molar-refractivity contribution >= 4 is 5.97 Å². The van der Waals surface area contributed by atoms with Crippen LogP contribution in [0.4, 0.5) is 0 Å². The Balaban J connectivity index is 1.49. The summed E-state index contributed by atoms with van der Waals surface area (Å²) in [5.74, 6) is 0.806. The van der Waals surface area contributed by atoms with Gasteiger partial charge in [0, 0.05) is 11.1 Å². The van der Waals surface area contributed by atoms with Crippen molar-refractivity contribution in [2.75, 3.05) is 39.5 Å². The zero-order valence-corrected chi connectivity index (χ0v) is 14.1. The first-order valence-electron chi connectivity index (χ1n) is 8.76. The van der Waals surface area contributed by atoms with Gasteiger partial charge in [-0.2, -0.15) is 0 Å². The minimum atomic E-state index is -0.430. The van der Waals surface area contributed by atoms with E-state index in [1.54, 1.807) is 0 Å². The van der Waals surface area contributed by atoms with Crippen LogP contribution in [0.15, 0.2) is 48.5 Å². The van der Waals surface area contributed by atoms with Gasteiger partial charge in [0.05, 0.1) is 13.2 Å². The van der Waals surface area contributed by atoms with Crippen molar-refractivity contribution in [2.24, 2.45) is 0 Å². The number of para-hydroxylation sites is 2. The van der Waals surface area contributed by atoms with Gasteiger partial charge in [0.15, 0.2) is 0 Å². The molecule has 1 N–H and O–H groups in total. The molecule has 5 nitrogen and oxygen atoms in total. The summed E-state index contributed by atoms with van der Waals surface area (Å²) in [5.41, 5.74) is 1.73. The summed E-state index contributed by atoms with van der Waals surface area (Å²) in [4.78, 5) is 14.3. The number of hydrogen-bond acceptors (Lipinski definition) is 4. The SMILES string of the molecule is O=C(OCC[NH+]1CCOCC1)C1c2ccccc2Oc2ccccc21. The second-order valence-corrected chi connectivity index (χ2v) is 6.39. The van der Waals surface area contributed by atoms with Gasteiger partial charge in [-0.15, -0.1) is 0 Å². The number of carbonyl (C=O) groups is 1. The van der Waals surface area contributed by atoms with Crippen molar-refractivity contribution in [3.05, 3.63) is 59.7 Å². The predicted molar refractivity (Wildman–Crippen MR) is 92.1 cm³/mol. The van der Waals surface area contributed by atoms with Crippen LogP contribution in [0.1, 0.15) is 17.0 Å². The molecule has 4 rings (SSSR count). The van der Waals surface area contributed by atoms with Gasteiger partial charge in [-0.3, -0.25) is 4.79 Å². The zero-order valence-electron chi connectivity index (χ0n) is 14.1. The van der Waals surface area contributed by atoms with Crippen molar-refractivity contribution in [3.63, 3.8) is 0 Å². The lowest BCUT2D eigenvalue weighted by Gasteiger charge is -2.27. The Morgan fingerprint density at radius 3 is 2.24 bits per heavy atom. The molecule has 2 aliphatic rings. The fraction of sp³-hybridized carbons (Fsp3) is 0.350. The van der Waals surface area contributed by atoms with Crippen LogP contribution in [0.3, 0.4) is 0 Å². The third kappa shape index (κ3) is 3.38. The largest absolute Gasteiger partial charge is 0.459 e. The van der Waals surface area contributed by atoms with E-state index in [0.717, 1.165) is 55.5 Å². The highest BCUT2D eigenvalue weighted by atomic mass is 16.5. The van der Waals surface area contributed by atoms with E-state index in [-0.39, 0.29) is 5.97 Å². The summed E-state index contributed by atoms with van der Waals surface area (Å²) in [6, 6.07) is 15.3. The number of fused-ring (bicyclic) bond motifs is 2. The van der Waals surface area contributed by atoms with Gasteiger partial charge in [-0.05, 0) is 12.1 Å². The Morgan fingerprint density at radius 1 is 1.00 bits per heavy atom. The van der Waals surface area contributed by atoms with Gasteiger partial charge in [0.2, 0.25) is 0 Å². The molecule has 0 bridgehead atoms. The number of hydrogen-bond donors (Lipinski definition) is 1. The zero-order chi connectivity index (χ0) is 17.1. The van der Waals surface area contributed by atoms with Gasteiger partial charge < -0.3 is 19.1 Å². The van der Waals surface area contributed by atoms with Crippen LogP contribution in [-0.4, -0.2) is 45.4 Å². The number of esters is 1. The number of morpholine rings is 1. The second kappa shape index (κ2) is 7.25. The summed E-state index contributed by atoms with van der Waals surface area (Å²) < 4.78 is 16.9. The molecule has 2 aromatic carbocycles. The molecule has 25 heavy (non-hydrogen) atoms. The molecule has 2 aliphatic heterocycles. The Labute approximate surface area is 147 Å². The van der Waals surface area contributed by atoms with Gasteiger partial charge in [0.1, 0.15) is 43.7 Å². The Morgan fingerprint density at radius 2 is 1.60 bits per heavy atom. The highest BCUT2D eigenvalue weighted by Gasteiger charge is 2.33. The molecular weight excluding hydrogens is 318 g/mol. The van der Waals surface area contributed by atoms with Crippen LogP contribution in [0.5, 0.6) is 11.5 Å². The number of quaternary nitrogens is 1. The van der Waals surface area contributed by atoms with Crippen LogP contribution in [0, 0.1) is 0 Å². The lowest BCUT2D eigenvalue weighted by Crippen LogP contribution is -3.14. The maximum Gasteiger partial charge on any atom is 0.318 e. The van der Waals surface area contributed by atoms with E-state index in [1.165, 1.54) is 4.90 Å². The maximum atomic E-state index is 12.9. The van der Waals surface area contributed by atoms with E-state index in [0.29, 0.717) is 6.61 Å².